The van der Waals surface area contributed by atoms with E-state index in [1.54, 1.807) is 11.7 Å². The Morgan fingerprint density at radius 2 is 1.76 bits per heavy atom. The number of carbonyl (C=O) groups excluding carboxylic acids is 2. The predicted molar refractivity (Wildman–Crippen MR) is 143 cm³/mol. The molecule has 4 aromatic rings. The molecule has 5 nitrogen and oxygen atoms in total. The van der Waals surface area contributed by atoms with Crippen LogP contribution in [0, 0.1) is 3.57 Å². The average Bonchev–Trinajstić information content (AvgIpc) is 3.13. The van der Waals surface area contributed by atoms with Gasteiger partial charge >= 0.3 is 0 Å². The molecule has 168 valence electrons. The number of ether oxygens (including phenoxy) is 1. The van der Waals surface area contributed by atoms with E-state index in [4.69, 9.17) is 10.5 Å². The highest BCUT2D eigenvalue weighted by Crippen LogP contribution is 2.43. The Labute approximate surface area is 214 Å². The molecule has 1 unspecified atom stereocenters. The minimum Gasteiger partial charge on any atom is -0.496 e. The van der Waals surface area contributed by atoms with Crippen molar-refractivity contribution in [1.29, 1.82) is 0 Å². The number of halogens is 2. The highest BCUT2D eigenvalue weighted by atomic mass is 127. The predicted octanol–water partition coefficient (Wildman–Crippen LogP) is 6.35. The number of primary amides is 1. The van der Waals surface area contributed by atoms with Crippen LogP contribution in [0.25, 0.3) is 22.2 Å². The van der Waals surface area contributed by atoms with Gasteiger partial charge < -0.3 is 10.5 Å². The van der Waals surface area contributed by atoms with Gasteiger partial charge in [0.2, 0.25) is 5.91 Å². The number of benzene rings is 3. The normalized spacial score (nSPS) is 12.0. The summed E-state index contributed by atoms with van der Waals surface area (Å²) in [6.07, 6.45) is 0.504. The van der Waals surface area contributed by atoms with E-state index >= 15 is 0 Å². The molecule has 4 rings (SSSR count). The molecule has 0 aliphatic carbocycles. The molecule has 2 N–H and O–H groups in total. The summed E-state index contributed by atoms with van der Waals surface area (Å²) in [6.45, 7) is 1.92. The van der Waals surface area contributed by atoms with Crippen LogP contribution in [-0.2, 0) is 4.79 Å². The highest BCUT2D eigenvalue weighted by molar-refractivity contribution is 14.1. The summed E-state index contributed by atoms with van der Waals surface area (Å²) in [5.74, 6) is -0.573. The third-order valence-corrected chi connectivity index (χ3v) is 7.06. The molecule has 0 saturated heterocycles. The molecule has 1 atom stereocenters. The van der Waals surface area contributed by atoms with Crippen LogP contribution in [0.2, 0.25) is 0 Å². The molecule has 0 fully saturated rings. The topological polar surface area (TPSA) is 74.3 Å². The van der Waals surface area contributed by atoms with E-state index in [-0.39, 0.29) is 5.91 Å². The zero-order chi connectivity index (χ0) is 23.7. The minimum atomic E-state index is -0.570. The highest BCUT2D eigenvalue weighted by Gasteiger charge is 2.30. The first-order chi connectivity index (χ1) is 15.9. The van der Waals surface area contributed by atoms with Gasteiger partial charge in [0.1, 0.15) is 5.75 Å². The third-order valence-electron chi connectivity index (χ3n) is 5.72. The molecule has 0 aliphatic rings. The number of rotatable bonds is 6. The van der Waals surface area contributed by atoms with Gasteiger partial charge in [-0.2, -0.15) is 0 Å². The summed E-state index contributed by atoms with van der Waals surface area (Å²) in [4.78, 5) is 26.5. The molecule has 3 aromatic carbocycles. The van der Waals surface area contributed by atoms with Crippen LogP contribution in [-0.4, -0.2) is 23.5 Å². The molecule has 1 heterocycles. The second-order valence-electron chi connectivity index (χ2n) is 7.64. The van der Waals surface area contributed by atoms with E-state index < -0.39 is 11.8 Å². The molecule has 0 aliphatic heterocycles. The first-order valence-corrected chi connectivity index (χ1v) is 12.3. The second-order valence-corrected chi connectivity index (χ2v) is 9.74. The number of hydrogen-bond acceptors (Lipinski definition) is 3. The molecule has 0 spiro atoms. The number of nitrogens with zero attached hydrogens (tertiary/aromatic N) is 1. The van der Waals surface area contributed by atoms with Crippen LogP contribution in [0.5, 0.6) is 5.75 Å². The number of methoxy groups -OCH3 is 1. The number of aromatic nitrogens is 1. The lowest BCUT2D eigenvalue weighted by Crippen LogP contribution is -2.22. The van der Waals surface area contributed by atoms with Crippen LogP contribution in [0.1, 0.15) is 35.2 Å². The van der Waals surface area contributed by atoms with E-state index in [0.29, 0.717) is 33.4 Å². The standard InChI is InChI=1S/C26H22BrIN2O3/c1-3-18(25(29)31)23-19-13-22(33-2)20(27)14-21(19)30(24(23)15-7-5-4-6-8-15)26(32)16-9-11-17(28)12-10-16/h4-14,18H,3H2,1-2H3,(H2,29,31). The Balaban J connectivity index is 2.17. The first-order valence-electron chi connectivity index (χ1n) is 10.4. The average molecular weight is 617 g/mol. The third kappa shape index (κ3) is 4.31. The van der Waals surface area contributed by atoms with Crippen molar-refractivity contribution in [3.63, 3.8) is 0 Å². The van der Waals surface area contributed by atoms with Gasteiger partial charge in [0.25, 0.3) is 5.91 Å². The maximum atomic E-state index is 13.9. The van der Waals surface area contributed by atoms with E-state index in [2.05, 4.69) is 38.5 Å². The maximum Gasteiger partial charge on any atom is 0.262 e. The van der Waals surface area contributed by atoms with Crippen molar-refractivity contribution in [3.05, 3.63) is 85.9 Å². The SMILES string of the molecule is CCC(C(N)=O)c1c(-c2ccccc2)n(C(=O)c2ccc(I)cc2)c2cc(Br)c(OC)cc12. The van der Waals surface area contributed by atoms with E-state index in [1.165, 1.54) is 0 Å². The Kier molecular flexibility index (Phi) is 6.90. The lowest BCUT2D eigenvalue weighted by molar-refractivity contribution is -0.119. The monoisotopic (exact) mass is 616 g/mol. The van der Waals surface area contributed by atoms with Crippen LogP contribution in [0.4, 0.5) is 0 Å². The largest absolute Gasteiger partial charge is 0.496 e. The van der Waals surface area contributed by atoms with Crippen molar-refractivity contribution in [1.82, 2.24) is 4.57 Å². The lowest BCUT2D eigenvalue weighted by Gasteiger charge is -2.16. The Bertz CT molecular complexity index is 1350. The van der Waals surface area contributed by atoms with Gasteiger partial charge in [-0.05, 0) is 92.5 Å². The lowest BCUT2D eigenvalue weighted by atomic mass is 9.90. The maximum absolute atomic E-state index is 13.9. The van der Waals surface area contributed by atoms with Crippen LogP contribution in [0.3, 0.4) is 0 Å². The number of carbonyl (C=O) groups is 2. The van der Waals surface area contributed by atoms with Gasteiger partial charge in [-0.25, -0.2) is 0 Å². The summed E-state index contributed by atoms with van der Waals surface area (Å²) < 4.78 is 8.98. The Morgan fingerprint density at radius 1 is 1.09 bits per heavy atom. The van der Waals surface area contributed by atoms with Crippen LogP contribution >= 0.6 is 38.5 Å². The van der Waals surface area contributed by atoms with Gasteiger partial charge in [-0.1, -0.05) is 37.3 Å². The van der Waals surface area contributed by atoms with Gasteiger partial charge in [-0.15, -0.1) is 0 Å². The minimum absolute atomic E-state index is 0.183. The van der Waals surface area contributed by atoms with Crippen molar-refractivity contribution < 1.29 is 14.3 Å². The summed E-state index contributed by atoms with van der Waals surface area (Å²) in [7, 11) is 1.59. The number of amides is 1. The first kappa shape index (κ1) is 23.5. The van der Waals surface area contributed by atoms with Crippen molar-refractivity contribution in [3.8, 4) is 17.0 Å². The zero-order valence-electron chi connectivity index (χ0n) is 18.1. The summed E-state index contributed by atoms with van der Waals surface area (Å²) in [6, 6.07) is 20.8. The van der Waals surface area contributed by atoms with Crippen molar-refractivity contribution >= 4 is 61.2 Å². The fourth-order valence-corrected chi connectivity index (χ4v) is 5.03. The molecule has 7 heteroatoms. The quantitative estimate of drug-likeness (QED) is 0.257. The van der Waals surface area contributed by atoms with Gasteiger partial charge in [0.15, 0.2) is 0 Å². The van der Waals surface area contributed by atoms with E-state index in [1.807, 2.05) is 73.7 Å². The van der Waals surface area contributed by atoms with Crippen LogP contribution in [0.15, 0.2) is 71.2 Å². The molecule has 1 amide bonds. The second kappa shape index (κ2) is 9.69. The fraction of sp³-hybridized carbons (Fsp3) is 0.154. The molecule has 33 heavy (non-hydrogen) atoms. The molecule has 0 bridgehead atoms. The van der Waals surface area contributed by atoms with Crippen LogP contribution < -0.4 is 10.5 Å². The van der Waals surface area contributed by atoms with Crippen molar-refractivity contribution in [2.45, 2.75) is 19.3 Å². The summed E-state index contributed by atoms with van der Waals surface area (Å²) >= 11 is 5.77. The Hall–Kier alpha value is -2.65. The smallest absolute Gasteiger partial charge is 0.262 e. The fourth-order valence-electron chi connectivity index (χ4n) is 4.18. The number of hydrogen-bond donors (Lipinski definition) is 1. The molecular formula is C26H22BrIN2O3. The van der Waals surface area contributed by atoms with Gasteiger partial charge in [0.05, 0.1) is 28.7 Å². The van der Waals surface area contributed by atoms with Gasteiger partial charge in [-0.3, -0.25) is 14.2 Å². The number of nitrogens with two attached hydrogens (primary N) is 1. The summed E-state index contributed by atoms with van der Waals surface area (Å²) in [5.41, 5.74) is 9.32. The zero-order valence-corrected chi connectivity index (χ0v) is 21.9. The Morgan fingerprint density at radius 3 is 2.33 bits per heavy atom. The summed E-state index contributed by atoms with van der Waals surface area (Å²) in [5, 5.41) is 0.762. The van der Waals surface area contributed by atoms with Gasteiger partial charge in [0, 0.05) is 14.5 Å². The molecule has 1 aromatic heterocycles. The molecule has 0 saturated carbocycles. The van der Waals surface area contributed by atoms with E-state index in [0.717, 1.165) is 20.1 Å². The number of fused-ring (bicyclic) bond motifs is 1. The van der Waals surface area contributed by atoms with E-state index in [9.17, 15) is 9.59 Å². The molecule has 0 radical (unpaired) electrons. The van der Waals surface area contributed by atoms with Crippen molar-refractivity contribution in [2.75, 3.05) is 7.11 Å². The molecular weight excluding hydrogens is 595 g/mol. The van der Waals surface area contributed by atoms with Crippen molar-refractivity contribution in [2.24, 2.45) is 5.73 Å².